The largest absolute Gasteiger partial charge is 0.507 e. The van der Waals surface area contributed by atoms with Crippen LogP contribution in [0.25, 0.3) is 10.8 Å². The Morgan fingerprint density at radius 1 is 0.944 bits per heavy atom. The van der Waals surface area contributed by atoms with Gasteiger partial charge in [-0.3, -0.25) is 24.6 Å². The number of carbonyl (C=O) groups is 3. The van der Waals surface area contributed by atoms with Crippen molar-refractivity contribution in [1.82, 2.24) is 14.8 Å². The number of hydrogen-bond acceptors (Lipinski definition) is 15. The third-order valence-corrected chi connectivity index (χ3v) is 15.1. The number of benzene rings is 2. The number of aliphatic hydroxyl groups is 2. The van der Waals surface area contributed by atoms with Crippen LogP contribution in [0.4, 0.5) is 10.5 Å². The number of ketones is 1. The molecule has 17 heteroatoms. The number of carbonyl (C=O) groups excluding carboxylic acids is 3. The Hall–Kier alpha value is -5.88. The Morgan fingerprint density at radius 3 is 2.27 bits per heavy atom. The molecule has 6 aliphatic rings. The molecule has 0 unspecified atom stereocenters. The van der Waals surface area contributed by atoms with E-state index >= 15 is 0 Å². The van der Waals surface area contributed by atoms with Crippen LogP contribution in [0.2, 0.25) is 0 Å². The minimum atomic E-state index is -1.99. The first-order valence-corrected chi connectivity index (χ1v) is 24.9. The van der Waals surface area contributed by atoms with E-state index in [1.807, 2.05) is 19.1 Å². The molecule has 2 fully saturated rings. The lowest BCUT2D eigenvalue weighted by atomic mass is 9.78. The van der Waals surface area contributed by atoms with Crippen molar-refractivity contribution in [3.05, 3.63) is 88.1 Å². The van der Waals surface area contributed by atoms with Gasteiger partial charge in [-0.25, -0.2) is 4.79 Å². The van der Waals surface area contributed by atoms with E-state index in [-0.39, 0.29) is 61.4 Å². The number of nitrogens with one attached hydrogen (secondary N) is 1. The van der Waals surface area contributed by atoms with Crippen molar-refractivity contribution >= 4 is 34.2 Å². The number of phenols is 2. The second kappa shape index (κ2) is 20.3. The molecular formula is C54H70N6O11. The number of allylic oxidation sites excluding steroid dienone is 2. The molecule has 3 aromatic rings. The molecule has 1 saturated carbocycles. The summed E-state index contributed by atoms with van der Waals surface area (Å²) in [6.45, 7) is 18.7. The minimum Gasteiger partial charge on any atom is -0.507 e. The summed E-state index contributed by atoms with van der Waals surface area (Å²) in [4.78, 5) is 61.9. The van der Waals surface area contributed by atoms with Crippen LogP contribution in [0.5, 0.6) is 17.2 Å². The molecule has 5 N–H and O–H groups in total. The molecule has 2 aromatic carbocycles. The molecular weight excluding hydrogens is 909 g/mol. The molecule has 382 valence electrons. The molecule has 1 spiro atoms. The summed E-state index contributed by atoms with van der Waals surface area (Å²) in [5, 5.41) is 51.2. The number of methoxy groups -OCH3 is 1. The summed E-state index contributed by atoms with van der Waals surface area (Å²) in [6, 6.07) is 3.66. The van der Waals surface area contributed by atoms with Gasteiger partial charge in [0.15, 0.2) is 11.4 Å². The van der Waals surface area contributed by atoms with Crippen LogP contribution in [0.1, 0.15) is 103 Å². The lowest BCUT2D eigenvalue weighted by molar-refractivity contribution is -0.112. The number of aliphatic hydroxyl groups excluding tert-OH is 2. The molecule has 0 radical (unpaired) electrons. The number of phenolic OH excluding ortho intramolecular Hbond substituents is 2. The number of nitrogens with zero attached hydrogens (tertiary/aromatic N) is 5. The smallest absolute Gasteiger partial charge is 0.410 e. The Bertz CT molecular complexity index is 2770. The number of piperidine rings is 1. The summed E-state index contributed by atoms with van der Waals surface area (Å²) < 4.78 is 25.1. The summed E-state index contributed by atoms with van der Waals surface area (Å²) in [6.07, 6.45) is 9.27. The lowest BCUT2D eigenvalue weighted by Crippen LogP contribution is -2.48. The maximum absolute atomic E-state index is 15.0. The van der Waals surface area contributed by atoms with Crippen LogP contribution in [0.15, 0.2) is 70.7 Å². The van der Waals surface area contributed by atoms with Crippen LogP contribution in [0, 0.1) is 36.5 Å². The van der Waals surface area contributed by atoms with E-state index in [1.54, 1.807) is 76.2 Å². The van der Waals surface area contributed by atoms with Crippen molar-refractivity contribution in [1.29, 1.82) is 0 Å². The molecule has 2 amide bonds. The molecule has 1 saturated heterocycles. The Morgan fingerprint density at radius 2 is 1.62 bits per heavy atom. The topological polar surface area (TPSA) is 225 Å². The van der Waals surface area contributed by atoms with E-state index in [0.29, 0.717) is 38.4 Å². The first-order valence-electron chi connectivity index (χ1n) is 24.9. The van der Waals surface area contributed by atoms with Crippen molar-refractivity contribution in [2.24, 2.45) is 39.6 Å². The van der Waals surface area contributed by atoms with E-state index in [0.717, 1.165) is 24.9 Å². The van der Waals surface area contributed by atoms with Crippen molar-refractivity contribution in [3.63, 3.8) is 0 Å². The van der Waals surface area contributed by atoms with Gasteiger partial charge in [-0.05, 0) is 56.4 Å². The fourth-order valence-electron chi connectivity index (χ4n) is 10.6. The number of ether oxygens (including phenoxy) is 4. The number of anilines is 1. The van der Waals surface area contributed by atoms with Crippen LogP contribution in [-0.2, 0) is 25.5 Å². The highest BCUT2D eigenvalue weighted by atomic mass is 16.7. The first kappa shape index (κ1) is 51.5. The number of aromatic nitrogens is 1. The average Bonchev–Trinajstić information content (AvgIpc) is 4.07. The Balaban J connectivity index is 1.22. The quantitative estimate of drug-likeness (QED) is 0.162. The van der Waals surface area contributed by atoms with Gasteiger partial charge in [0.05, 0.1) is 40.9 Å². The number of rotatable bonds is 7. The first-order chi connectivity index (χ1) is 33.7. The molecule has 9 atom stereocenters. The fraction of sp³-hybridized carbons (Fsp3) is 0.556. The number of likely N-dealkylation sites (tertiary alicyclic amines) is 1. The number of hydrogen-bond donors (Lipinski definition) is 5. The van der Waals surface area contributed by atoms with Gasteiger partial charge in [-0.2, -0.15) is 0 Å². The van der Waals surface area contributed by atoms with Crippen LogP contribution in [-0.4, -0.2) is 122 Å². The van der Waals surface area contributed by atoms with Gasteiger partial charge in [-0.15, -0.1) is 0 Å². The predicted octanol–water partition coefficient (Wildman–Crippen LogP) is 6.38. The highest BCUT2D eigenvalue weighted by molar-refractivity contribution is 6.19. The van der Waals surface area contributed by atoms with E-state index in [4.69, 9.17) is 28.9 Å². The van der Waals surface area contributed by atoms with Gasteiger partial charge in [0.2, 0.25) is 0 Å². The second-order valence-electron chi connectivity index (χ2n) is 20.9. The summed E-state index contributed by atoms with van der Waals surface area (Å²) >= 11 is 0. The zero-order chi connectivity index (χ0) is 51.3. The molecule has 5 bridgehead atoms. The molecule has 1 aromatic heterocycles. The third-order valence-electron chi connectivity index (χ3n) is 15.1. The molecule has 71 heavy (non-hydrogen) atoms. The van der Waals surface area contributed by atoms with Gasteiger partial charge in [-0.1, -0.05) is 59.8 Å². The average molecular weight is 979 g/mol. The minimum absolute atomic E-state index is 0.0231. The zero-order valence-corrected chi connectivity index (χ0v) is 42.5. The molecule has 1 aliphatic carbocycles. The third kappa shape index (κ3) is 10.0. The maximum atomic E-state index is 15.0. The maximum Gasteiger partial charge on any atom is 0.410 e. The number of amides is 2. The van der Waals surface area contributed by atoms with Gasteiger partial charge in [0.1, 0.15) is 28.6 Å². The molecule has 9 rings (SSSR count). The normalized spacial score (nSPS) is 30.7. The lowest BCUT2D eigenvalue weighted by Gasteiger charge is -2.39. The van der Waals surface area contributed by atoms with Crippen molar-refractivity contribution < 1.29 is 53.8 Å². The number of aromatic hydroxyl groups is 2. The van der Waals surface area contributed by atoms with Gasteiger partial charge in [0, 0.05) is 112 Å². The van der Waals surface area contributed by atoms with Gasteiger partial charge < -0.3 is 54.5 Å². The van der Waals surface area contributed by atoms with E-state index in [9.17, 15) is 34.8 Å². The van der Waals surface area contributed by atoms with Crippen LogP contribution in [0.3, 0.4) is 0 Å². The van der Waals surface area contributed by atoms with Gasteiger partial charge in [0.25, 0.3) is 11.7 Å². The molecule has 6 heterocycles. The highest BCUT2D eigenvalue weighted by Crippen LogP contribution is 2.50. The summed E-state index contributed by atoms with van der Waals surface area (Å²) in [5.74, 6) is -6.17. The Kier molecular flexibility index (Phi) is 14.7. The molecule has 17 nitrogen and oxygen atoms in total. The van der Waals surface area contributed by atoms with Crippen molar-refractivity contribution in [2.45, 2.75) is 136 Å². The summed E-state index contributed by atoms with van der Waals surface area (Å²) in [7, 11) is 1.49. The molecule has 5 aliphatic heterocycles. The van der Waals surface area contributed by atoms with Gasteiger partial charge >= 0.3 is 11.9 Å². The standard InChI is InChI=1S/C54H70N6O11/c1-28(2)26-59-23-19-54(20-24-59)57-41-38-39-46(63)34(8)49-40(38)50(65)53(9,71-49)69-25-18-37(68-10)31(5)48(70-52(67)60(36-14-15-36)27-35-16-21-55-22-17-35)33(7)45(62)32(6)44(61)29(3)12-11-13-30(4)51(66)56-43(47(39)64)42(41)58-54/h11-13,16-18,21-22,25,28-29,31-33,36-37,44-45,48,61-64H,14-15,19-20,23-24,26-27H2,1-10H3,(H,56,66)/b12-11+,25-18+,30-13-/t29-,31+,32+,33+,37-,44-,45+,48+,53-/m0/s1. The fourth-order valence-corrected chi connectivity index (χ4v) is 10.6. The monoisotopic (exact) mass is 979 g/mol. The number of pyridine rings is 1. The predicted molar refractivity (Wildman–Crippen MR) is 265 cm³/mol. The van der Waals surface area contributed by atoms with Crippen LogP contribution < -0.4 is 20.8 Å². The zero-order valence-electron chi connectivity index (χ0n) is 42.5. The summed E-state index contributed by atoms with van der Waals surface area (Å²) in [5.41, 5.74) is 0.275. The van der Waals surface area contributed by atoms with Crippen molar-refractivity contribution in [2.75, 3.05) is 32.1 Å². The Labute approximate surface area is 415 Å². The van der Waals surface area contributed by atoms with Crippen LogP contribution >= 0.6 is 0 Å². The second-order valence-corrected chi connectivity index (χ2v) is 20.9. The number of Topliss-reactive ketones (excluding diaryl/α,β-unsaturated/α-hetero) is 1. The SMILES string of the molecule is CO[C@H]1/C=C/O[C@@]2(C)Oc3c(C)c(O)c4c(O)c(c5c(c4c3C2=O)=NC2(CCN(CC(C)C)CC2)N=5)NC(=O)/C(C)=C\C=C\[C@H](C)[C@H](O)[C@@H](C)[C@@H](O)[C@@H](C)[C@H](OC(=O)N(Cc2ccncc2)C2CC2)[C@@H]1C. The van der Waals surface area contributed by atoms with E-state index < -0.39 is 83.1 Å². The van der Waals surface area contributed by atoms with E-state index in [1.165, 1.54) is 20.3 Å². The van der Waals surface area contributed by atoms with E-state index in [2.05, 4.69) is 29.0 Å². The number of fused-ring (bicyclic) bond motifs is 13. The highest BCUT2D eigenvalue weighted by Gasteiger charge is 2.50. The van der Waals surface area contributed by atoms with Crippen molar-refractivity contribution in [3.8, 4) is 17.2 Å².